The third-order valence-electron chi connectivity index (χ3n) is 2.92. The second kappa shape index (κ2) is 7.01. The van der Waals surface area contributed by atoms with Gasteiger partial charge in [0.15, 0.2) is 0 Å². The Balaban J connectivity index is 2.87. The van der Waals surface area contributed by atoms with E-state index in [0.717, 1.165) is 18.4 Å². The molecule has 0 heterocycles. The number of hydrogen-bond acceptors (Lipinski definition) is 3. The molecule has 4 heteroatoms. The fourth-order valence-electron chi connectivity index (χ4n) is 1.88. The number of aryl methyl sites for hydroxylation is 1. The third-order valence-corrected chi connectivity index (χ3v) is 2.92. The van der Waals surface area contributed by atoms with Crippen LogP contribution in [0.25, 0.3) is 0 Å². The molecule has 100 valence electrons. The standard InChI is InChI=1S/C14H22N2O2/c1-3-4-7-16(8-9-17)14(18)13-6-5-12(15)10-11(13)2/h5-6,10,17H,3-4,7-9,15H2,1-2H3. The molecule has 18 heavy (non-hydrogen) atoms. The van der Waals surface area contributed by atoms with Crippen molar-refractivity contribution in [3.63, 3.8) is 0 Å². The Morgan fingerprint density at radius 2 is 2.11 bits per heavy atom. The van der Waals surface area contributed by atoms with Gasteiger partial charge in [-0.05, 0) is 37.1 Å². The molecule has 0 saturated heterocycles. The normalized spacial score (nSPS) is 10.4. The minimum Gasteiger partial charge on any atom is -0.399 e. The van der Waals surface area contributed by atoms with Crippen molar-refractivity contribution < 1.29 is 9.90 Å². The van der Waals surface area contributed by atoms with Crippen LogP contribution in [-0.4, -0.2) is 35.6 Å². The van der Waals surface area contributed by atoms with Crippen LogP contribution in [0, 0.1) is 6.92 Å². The molecule has 1 aromatic rings. The summed E-state index contributed by atoms with van der Waals surface area (Å²) in [5, 5.41) is 9.03. The number of nitrogens with two attached hydrogens (primary N) is 1. The molecular formula is C14H22N2O2. The number of nitrogens with zero attached hydrogens (tertiary/aromatic N) is 1. The van der Waals surface area contributed by atoms with Gasteiger partial charge in [0.25, 0.3) is 5.91 Å². The number of nitrogen functional groups attached to an aromatic ring is 1. The van der Waals surface area contributed by atoms with Gasteiger partial charge in [0, 0.05) is 24.3 Å². The third kappa shape index (κ3) is 3.74. The fourth-order valence-corrected chi connectivity index (χ4v) is 1.88. The molecule has 1 rings (SSSR count). The van der Waals surface area contributed by atoms with Crippen molar-refractivity contribution in [2.45, 2.75) is 26.7 Å². The summed E-state index contributed by atoms with van der Waals surface area (Å²) >= 11 is 0. The smallest absolute Gasteiger partial charge is 0.254 e. The number of anilines is 1. The topological polar surface area (TPSA) is 66.6 Å². The maximum Gasteiger partial charge on any atom is 0.254 e. The predicted octanol–water partition coefficient (Wildman–Crippen LogP) is 1.81. The molecule has 0 bridgehead atoms. The number of aliphatic hydroxyl groups excluding tert-OH is 1. The highest BCUT2D eigenvalue weighted by Crippen LogP contribution is 2.15. The van der Waals surface area contributed by atoms with Crippen LogP contribution >= 0.6 is 0 Å². The molecule has 0 aliphatic heterocycles. The number of aliphatic hydroxyl groups is 1. The lowest BCUT2D eigenvalue weighted by Gasteiger charge is -2.22. The average molecular weight is 250 g/mol. The second-order valence-electron chi connectivity index (χ2n) is 4.44. The van der Waals surface area contributed by atoms with Gasteiger partial charge in [0.05, 0.1) is 6.61 Å². The highest BCUT2D eigenvalue weighted by atomic mass is 16.3. The van der Waals surface area contributed by atoms with Crippen molar-refractivity contribution in [2.75, 3.05) is 25.4 Å². The predicted molar refractivity (Wildman–Crippen MR) is 73.5 cm³/mol. The Labute approximate surface area is 108 Å². The van der Waals surface area contributed by atoms with Crippen molar-refractivity contribution in [1.82, 2.24) is 4.90 Å². The van der Waals surface area contributed by atoms with E-state index in [1.54, 1.807) is 23.1 Å². The largest absolute Gasteiger partial charge is 0.399 e. The van der Waals surface area contributed by atoms with E-state index in [1.165, 1.54) is 0 Å². The molecule has 0 saturated carbocycles. The Morgan fingerprint density at radius 1 is 1.39 bits per heavy atom. The monoisotopic (exact) mass is 250 g/mol. The van der Waals surface area contributed by atoms with Gasteiger partial charge in [0.1, 0.15) is 0 Å². The summed E-state index contributed by atoms with van der Waals surface area (Å²) in [5.74, 6) is -0.0324. The Kier molecular flexibility index (Phi) is 5.65. The first-order chi connectivity index (χ1) is 8.60. The number of carbonyl (C=O) groups excluding carboxylic acids is 1. The SMILES string of the molecule is CCCCN(CCO)C(=O)c1ccc(N)cc1C. The molecule has 0 spiro atoms. The van der Waals surface area contributed by atoms with E-state index >= 15 is 0 Å². The summed E-state index contributed by atoms with van der Waals surface area (Å²) in [7, 11) is 0. The van der Waals surface area contributed by atoms with Crippen molar-refractivity contribution in [2.24, 2.45) is 0 Å². The van der Waals surface area contributed by atoms with Crippen LogP contribution in [0.2, 0.25) is 0 Å². The van der Waals surface area contributed by atoms with Crippen LogP contribution in [-0.2, 0) is 0 Å². The van der Waals surface area contributed by atoms with Crippen LogP contribution in [0.1, 0.15) is 35.7 Å². The van der Waals surface area contributed by atoms with Gasteiger partial charge in [-0.3, -0.25) is 4.79 Å². The number of carbonyl (C=O) groups is 1. The molecule has 3 N–H and O–H groups in total. The van der Waals surface area contributed by atoms with Crippen molar-refractivity contribution in [3.8, 4) is 0 Å². The van der Waals surface area contributed by atoms with Crippen LogP contribution < -0.4 is 5.73 Å². The fraction of sp³-hybridized carbons (Fsp3) is 0.500. The molecule has 1 amide bonds. The van der Waals surface area contributed by atoms with Crippen molar-refractivity contribution in [1.29, 1.82) is 0 Å². The van der Waals surface area contributed by atoms with Gasteiger partial charge in [-0.1, -0.05) is 13.3 Å². The van der Waals surface area contributed by atoms with Crippen LogP contribution in [0.15, 0.2) is 18.2 Å². The Hall–Kier alpha value is -1.55. The molecule has 0 aliphatic rings. The van der Waals surface area contributed by atoms with E-state index in [4.69, 9.17) is 10.8 Å². The number of benzene rings is 1. The van der Waals surface area contributed by atoms with Gasteiger partial charge in [-0.15, -0.1) is 0 Å². The number of hydrogen-bond donors (Lipinski definition) is 2. The van der Waals surface area contributed by atoms with Crippen LogP contribution in [0.3, 0.4) is 0 Å². The Morgan fingerprint density at radius 3 is 2.67 bits per heavy atom. The quantitative estimate of drug-likeness (QED) is 0.757. The first-order valence-electron chi connectivity index (χ1n) is 6.36. The number of amides is 1. The number of unbranched alkanes of at least 4 members (excludes halogenated alkanes) is 1. The molecule has 0 aliphatic carbocycles. The lowest BCUT2D eigenvalue weighted by atomic mass is 10.1. The zero-order valence-electron chi connectivity index (χ0n) is 11.1. The van der Waals surface area contributed by atoms with E-state index in [0.29, 0.717) is 24.3 Å². The first kappa shape index (κ1) is 14.5. The van der Waals surface area contributed by atoms with Crippen LogP contribution in [0.5, 0.6) is 0 Å². The molecule has 1 aromatic carbocycles. The van der Waals surface area contributed by atoms with Crippen LogP contribution in [0.4, 0.5) is 5.69 Å². The van der Waals surface area contributed by atoms with E-state index < -0.39 is 0 Å². The molecule has 4 nitrogen and oxygen atoms in total. The lowest BCUT2D eigenvalue weighted by molar-refractivity contribution is 0.0718. The molecule has 0 fully saturated rings. The summed E-state index contributed by atoms with van der Waals surface area (Å²) in [4.78, 5) is 14.0. The van der Waals surface area contributed by atoms with E-state index in [2.05, 4.69) is 6.92 Å². The highest BCUT2D eigenvalue weighted by Gasteiger charge is 2.16. The summed E-state index contributed by atoms with van der Waals surface area (Å²) in [6.07, 6.45) is 1.97. The van der Waals surface area contributed by atoms with Crippen molar-refractivity contribution >= 4 is 11.6 Å². The summed E-state index contributed by atoms with van der Waals surface area (Å²) < 4.78 is 0. The van der Waals surface area contributed by atoms with E-state index in [-0.39, 0.29) is 12.5 Å². The average Bonchev–Trinajstić information content (AvgIpc) is 2.33. The summed E-state index contributed by atoms with van der Waals surface area (Å²) in [6, 6.07) is 5.28. The summed E-state index contributed by atoms with van der Waals surface area (Å²) in [6.45, 7) is 5.00. The minimum atomic E-state index is -0.0324. The maximum atomic E-state index is 12.3. The van der Waals surface area contributed by atoms with E-state index in [9.17, 15) is 4.79 Å². The molecule has 0 atom stereocenters. The first-order valence-corrected chi connectivity index (χ1v) is 6.36. The number of rotatable bonds is 6. The molecular weight excluding hydrogens is 228 g/mol. The highest BCUT2D eigenvalue weighted by molar-refractivity contribution is 5.96. The zero-order chi connectivity index (χ0) is 13.5. The maximum absolute atomic E-state index is 12.3. The molecule has 0 radical (unpaired) electrons. The van der Waals surface area contributed by atoms with Gasteiger partial charge in [-0.2, -0.15) is 0 Å². The Bertz CT molecular complexity index is 405. The molecule has 0 unspecified atom stereocenters. The van der Waals surface area contributed by atoms with Gasteiger partial charge in [-0.25, -0.2) is 0 Å². The summed E-state index contributed by atoms with van der Waals surface area (Å²) in [5.41, 5.74) is 7.87. The minimum absolute atomic E-state index is 0.0104. The van der Waals surface area contributed by atoms with Crippen molar-refractivity contribution in [3.05, 3.63) is 29.3 Å². The second-order valence-corrected chi connectivity index (χ2v) is 4.44. The van der Waals surface area contributed by atoms with Gasteiger partial charge >= 0.3 is 0 Å². The van der Waals surface area contributed by atoms with E-state index in [1.807, 2.05) is 6.92 Å². The zero-order valence-corrected chi connectivity index (χ0v) is 11.1. The lowest BCUT2D eigenvalue weighted by Crippen LogP contribution is -2.34. The van der Waals surface area contributed by atoms with Gasteiger partial charge < -0.3 is 15.7 Å². The van der Waals surface area contributed by atoms with Gasteiger partial charge in [0.2, 0.25) is 0 Å². The molecule has 0 aromatic heterocycles.